The van der Waals surface area contributed by atoms with E-state index in [4.69, 9.17) is 11.6 Å². The van der Waals surface area contributed by atoms with Crippen molar-refractivity contribution in [3.63, 3.8) is 0 Å². The molecule has 1 atom stereocenters. The lowest BCUT2D eigenvalue weighted by Gasteiger charge is -2.12. The molecule has 1 unspecified atom stereocenters. The maximum Gasteiger partial charge on any atom is 0.276 e. The summed E-state index contributed by atoms with van der Waals surface area (Å²) in [5.41, 5.74) is 2.03. The quantitative estimate of drug-likeness (QED) is 0.619. The molecule has 1 aromatic carbocycles. The molecule has 24 heavy (non-hydrogen) atoms. The number of aromatic nitrogens is 1. The van der Waals surface area contributed by atoms with Crippen LogP contribution in [0.5, 0.6) is 0 Å². The highest BCUT2D eigenvalue weighted by atomic mass is 35.5. The number of hydrogen-bond donors (Lipinski definition) is 0. The summed E-state index contributed by atoms with van der Waals surface area (Å²) in [7, 11) is 0. The molecular formula is C18H16ClN3O2. The Labute approximate surface area is 145 Å². The topological polar surface area (TPSA) is 62.6 Å². The zero-order chi connectivity index (χ0) is 16.9. The molecule has 1 saturated heterocycles. The van der Waals surface area contributed by atoms with Crippen molar-refractivity contribution in [3.05, 3.63) is 66.0 Å². The third-order valence-corrected chi connectivity index (χ3v) is 4.20. The first kappa shape index (κ1) is 16.3. The van der Waals surface area contributed by atoms with E-state index in [-0.39, 0.29) is 12.3 Å². The highest BCUT2D eigenvalue weighted by molar-refractivity contribution is 6.63. The third kappa shape index (κ3) is 3.51. The number of likely N-dealkylation sites (tertiary alicyclic amines) is 1. The van der Waals surface area contributed by atoms with Crippen LogP contribution in [0.4, 0.5) is 0 Å². The molecule has 3 rings (SSSR count). The maximum atomic E-state index is 12.4. The van der Waals surface area contributed by atoms with Crippen LogP contribution in [0.1, 0.15) is 11.1 Å². The van der Waals surface area contributed by atoms with Crippen molar-refractivity contribution >= 4 is 29.1 Å². The number of aliphatic imine (C=N–C) groups is 1. The number of alkyl halides is 1. The molecule has 0 spiro atoms. The molecule has 122 valence electrons. The number of rotatable bonds is 5. The first-order valence-corrected chi connectivity index (χ1v) is 8.07. The van der Waals surface area contributed by atoms with Crippen LogP contribution in [-0.2, 0) is 22.6 Å². The van der Waals surface area contributed by atoms with Gasteiger partial charge < -0.3 is 0 Å². The Morgan fingerprint density at radius 2 is 1.83 bits per heavy atom. The fourth-order valence-electron chi connectivity index (χ4n) is 2.51. The van der Waals surface area contributed by atoms with E-state index in [2.05, 4.69) is 9.98 Å². The Kier molecular flexibility index (Phi) is 5.01. The molecular weight excluding hydrogens is 326 g/mol. The van der Waals surface area contributed by atoms with Crippen molar-refractivity contribution in [3.8, 4) is 0 Å². The summed E-state index contributed by atoms with van der Waals surface area (Å²) >= 11 is 6.11. The van der Waals surface area contributed by atoms with E-state index >= 15 is 0 Å². The van der Waals surface area contributed by atoms with Gasteiger partial charge in [0, 0.05) is 18.9 Å². The summed E-state index contributed by atoms with van der Waals surface area (Å²) in [6.45, 7) is 0.578. The van der Waals surface area contributed by atoms with Gasteiger partial charge in [-0.2, -0.15) is 0 Å². The van der Waals surface area contributed by atoms with Crippen molar-refractivity contribution in [1.29, 1.82) is 0 Å². The third-order valence-electron chi connectivity index (χ3n) is 3.81. The number of benzene rings is 1. The van der Waals surface area contributed by atoms with Gasteiger partial charge in [0.25, 0.3) is 11.8 Å². The molecule has 2 aromatic rings. The van der Waals surface area contributed by atoms with Gasteiger partial charge in [-0.3, -0.25) is 24.5 Å². The van der Waals surface area contributed by atoms with E-state index in [1.165, 1.54) is 4.90 Å². The van der Waals surface area contributed by atoms with Gasteiger partial charge in [0.15, 0.2) is 5.38 Å². The molecule has 2 heterocycles. The maximum absolute atomic E-state index is 12.4. The normalized spacial score (nSPS) is 19.3. The summed E-state index contributed by atoms with van der Waals surface area (Å²) in [5.74, 6) is -0.803. The van der Waals surface area contributed by atoms with E-state index in [9.17, 15) is 9.59 Å². The number of amides is 2. The van der Waals surface area contributed by atoms with Gasteiger partial charge in [-0.15, -0.1) is 11.6 Å². The zero-order valence-electron chi connectivity index (χ0n) is 12.9. The number of pyridine rings is 1. The second kappa shape index (κ2) is 7.36. The Hall–Kier alpha value is -2.53. The Morgan fingerprint density at radius 3 is 2.54 bits per heavy atom. The minimum atomic E-state index is -1.01. The molecule has 0 aliphatic carbocycles. The average Bonchev–Trinajstić information content (AvgIpc) is 2.82. The minimum absolute atomic E-state index is 0.110. The lowest BCUT2D eigenvalue weighted by Crippen LogP contribution is -2.33. The van der Waals surface area contributed by atoms with Crippen LogP contribution >= 0.6 is 11.6 Å². The predicted octanol–water partition coefficient (Wildman–Crippen LogP) is 2.24. The van der Waals surface area contributed by atoms with Crippen molar-refractivity contribution < 1.29 is 9.59 Å². The highest BCUT2D eigenvalue weighted by Crippen LogP contribution is 2.18. The Balaban J connectivity index is 1.69. The minimum Gasteiger partial charge on any atom is -0.277 e. The second-order valence-electron chi connectivity index (χ2n) is 5.46. The molecule has 5 nitrogen and oxygen atoms in total. The van der Waals surface area contributed by atoms with Gasteiger partial charge in [-0.1, -0.05) is 36.4 Å². The summed E-state index contributed by atoms with van der Waals surface area (Å²) in [4.78, 5) is 34.1. The largest absolute Gasteiger partial charge is 0.277 e. The number of carbonyl (C=O) groups excluding carboxylic acids is 2. The standard InChI is InChI=1S/C18H16ClN3O2/c19-15-16(21-12-14-7-4-9-20-11-14)18(24)22(17(15)23)10-8-13-5-2-1-3-6-13/h1-7,9,11,15H,8,10,12H2. The van der Waals surface area contributed by atoms with Crippen LogP contribution in [0.3, 0.4) is 0 Å². The highest BCUT2D eigenvalue weighted by Gasteiger charge is 2.43. The molecule has 1 aromatic heterocycles. The lowest BCUT2D eigenvalue weighted by atomic mass is 10.1. The van der Waals surface area contributed by atoms with Crippen LogP contribution in [0, 0.1) is 0 Å². The summed E-state index contributed by atoms with van der Waals surface area (Å²) in [6, 6.07) is 13.3. The van der Waals surface area contributed by atoms with Crippen LogP contribution < -0.4 is 0 Å². The molecule has 0 radical (unpaired) electrons. The summed E-state index contributed by atoms with van der Waals surface area (Å²) < 4.78 is 0. The molecule has 0 saturated carbocycles. The van der Waals surface area contributed by atoms with Crippen molar-refractivity contribution in [2.45, 2.75) is 18.3 Å². The Morgan fingerprint density at radius 1 is 1.08 bits per heavy atom. The molecule has 0 bridgehead atoms. The fourth-order valence-corrected chi connectivity index (χ4v) is 2.79. The molecule has 1 fully saturated rings. The van der Waals surface area contributed by atoms with E-state index in [1.807, 2.05) is 36.4 Å². The molecule has 0 N–H and O–H groups in total. The second-order valence-corrected chi connectivity index (χ2v) is 5.89. The van der Waals surface area contributed by atoms with Crippen molar-refractivity contribution in [2.75, 3.05) is 6.54 Å². The van der Waals surface area contributed by atoms with Gasteiger partial charge >= 0.3 is 0 Å². The molecule has 2 amide bonds. The fraction of sp³-hybridized carbons (Fsp3) is 0.222. The van der Waals surface area contributed by atoms with Gasteiger partial charge in [0.05, 0.1) is 6.54 Å². The summed E-state index contributed by atoms with van der Waals surface area (Å²) in [5, 5.41) is -1.01. The number of carbonyl (C=O) groups is 2. The lowest BCUT2D eigenvalue weighted by molar-refractivity contribution is -0.136. The number of imide groups is 1. The van der Waals surface area contributed by atoms with Crippen molar-refractivity contribution in [2.24, 2.45) is 4.99 Å². The molecule has 6 heteroatoms. The predicted molar refractivity (Wildman–Crippen MR) is 91.9 cm³/mol. The molecule has 1 aliphatic heterocycles. The SMILES string of the molecule is O=C1C(=NCc2cccnc2)C(Cl)C(=O)N1CCc1ccccc1. The van der Waals surface area contributed by atoms with E-state index < -0.39 is 17.2 Å². The summed E-state index contributed by atoms with van der Waals surface area (Å²) in [6.07, 6.45) is 3.93. The van der Waals surface area contributed by atoms with Gasteiger partial charge in [-0.05, 0) is 23.6 Å². The first-order valence-electron chi connectivity index (χ1n) is 7.64. The van der Waals surface area contributed by atoms with Gasteiger partial charge in [0.2, 0.25) is 0 Å². The van der Waals surface area contributed by atoms with E-state index in [1.54, 1.807) is 18.5 Å². The number of nitrogens with zero attached hydrogens (tertiary/aromatic N) is 3. The number of hydrogen-bond acceptors (Lipinski definition) is 4. The molecule has 1 aliphatic rings. The monoisotopic (exact) mass is 341 g/mol. The van der Waals surface area contributed by atoms with Crippen molar-refractivity contribution in [1.82, 2.24) is 9.88 Å². The zero-order valence-corrected chi connectivity index (χ0v) is 13.7. The van der Waals surface area contributed by atoms with Gasteiger partial charge in [-0.25, -0.2) is 0 Å². The van der Waals surface area contributed by atoms with Gasteiger partial charge in [0.1, 0.15) is 5.71 Å². The van der Waals surface area contributed by atoms with E-state index in [0.29, 0.717) is 13.0 Å². The van der Waals surface area contributed by atoms with E-state index in [0.717, 1.165) is 11.1 Å². The average molecular weight is 342 g/mol. The first-order chi connectivity index (χ1) is 11.7. The number of halogens is 1. The van der Waals surface area contributed by atoms with Crippen LogP contribution in [0.2, 0.25) is 0 Å². The van der Waals surface area contributed by atoms with Crippen LogP contribution in [0.25, 0.3) is 0 Å². The van der Waals surface area contributed by atoms with Crippen LogP contribution in [-0.4, -0.2) is 39.3 Å². The Bertz CT molecular complexity index is 762. The van der Waals surface area contributed by atoms with Crippen LogP contribution in [0.15, 0.2) is 59.9 Å². The smallest absolute Gasteiger partial charge is 0.276 e.